The molecule has 3 N–H and O–H groups in total. The Labute approximate surface area is 173 Å². The van der Waals surface area contributed by atoms with Gasteiger partial charge in [0.05, 0.1) is 19.7 Å². The number of benzene rings is 2. The molecule has 3 aromatic rings. The first-order chi connectivity index (χ1) is 14.4. The molecule has 0 radical (unpaired) electrons. The Kier molecular flexibility index (Phi) is 7.35. The van der Waals surface area contributed by atoms with E-state index < -0.39 is 12.8 Å². The van der Waals surface area contributed by atoms with E-state index in [1.165, 1.54) is 0 Å². The summed E-state index contributed by atoms with van der Waals surface area (Å²) in [5, 5.41) is 7.67. The highest BCUT2D eigenvalue weighted by atomic mass is 19.4. The smallest absolute Gasteiger partial charge is 0.367 e. The summed E-state index contributed by atoms with van der Waals surface area (Å²) < 4.78 is 41.1. The number of alkyl halides is 3. The van der Waals surface area contributed by atoms with Crippen LogP contribution in [0.2, 0.25) is 0 Å². The van der Waals surface area contributed by atoms with Crippen LogP contribution >= 0.6 is 0 Å². The van der Waals surface area contributed by atoms with Gasteiger partial charge in [-0.25, -0.2) is 4.99 Å². The van der Waals surface area contributed by atoms with Gasteiger partial charge in [0.25, 0.3) is 0 Å². The van der Waals surface area contributed by atoms with Crippen LogP contribution in [0.3, 0.4) is 0 Å². The molecule has 0 aliphatic rings. The van der Waals surface area contributed by atoms with Crippen molar-refractivity contribution in [3.63, 3.8) is 0 Å². The highest BCUT2D eigenvalue weighted by Crippen LogP contribution is 2.16. The summed E-state index contributed by atoms with van der Waals surface area (Å²) in [5.41, 5.74) is 3.80. The van der Waals surface area contributed by atoms with E-state index in [1.807, 2.05) is 37.3 Å². The first kappa shape index (κ1) is 21.7. The summed E-state index contributed by atoms with van der Waals surface area (Å²) in [6, 6.07) is 17.4. The molecule has 5 nitrogen and oxygen atoms in total. The van der Waals surface area contributed by atoms with Crippen molar-refractivity contribution in [1.29, 1.82) is 0 Å². The molecule has 0 aliphatic heterocycles. The molecule has 0 saturated carbocycles. The third kappa shape index (κ3) is 6.81. The largest absolute Gasteiger partial charge is 0.411 e. The number of para-hydroxylation sites is 1. The molecule has 0 bridgehead atoms. The van der Waals surface area contributed by atoms with Crippen molar-refractivity contribution in [2.45, 2.75) is 32.8 Å². The van der Waals surface area contributed by atoms with Crippen LogP contribution in [-0.4, -0.2) is 30.3 Å². The third-order valence-corrected chi connectivity index (χ3v) is 4.35. The Morgan fingerprint density at radius 2 is 1.77 bits per heavy atom. The van der Waals surface area contributed by atoms with Gasteiger partial charge >= 0.3 is 6.18 Å². The fraction of sp³-hybridized carbons (Fsp3) is 0.318. The van der Waals surface area contributed by atoms with Gasteiger partial charge in [0.1, 0.15) is 6.61 Å². The summed E-state index contributed by atoms with van der Waals surface area (Å²) in [6.45, 7) is 2.47. The molecule has 160 valence electrons. The van der Waals surface area contributed by atoms with Crippen LogP contribution in [0, 0.1) is 0 Å². The Morgan fingerprint density at radius 1 is 1.03 bits per heavy atom. The molecule has 1 aromatic heterocycles. The van der Waals surface area contributed by atoms with Gasteiger partial charge in [-0.2, -0.15) is 13.2 Å². The quantitative estimate of drug-likeness (QED) is 0.373. The number of fused-ring (bicyclic) bond motifs is 1. The van der Waals surface area contributed by atoms with E-state index in [0.29, 0.717) is 24.6 Å². The van der Waals surface area contributed by atoms with Crippen molar-refractivity contribution in [2.75, 3.05) is 13.2 Å². The summed E-state index contributed by atoms with van der Waals surface area (Å²) in [5.74, 6) is 0.689. The fourth-order valence-electron chi connectivity index (χ4n) is 2.95. The van der Waals surface area contributed by atoms with Gasteiger partial charge in [-0.3, -0.25) is 0 Å². The average molecular weight is 418 g/mol. The third-order valence-electron chi connectivity index (χ3n) is 4.35. The number of hydrogen-bond donors (Lipinski definition) is 3. The van der Waals surface area contributed by atoms with Crippen LogP contribution in [0.4, 0.5) is 13.2 Å². The van der Waals surface area contributed by atoms with Crippen LogP contribution in [0.15, 0.2) is 59.6 Å². The molecular weight excluding hydrogens is 393 g/mol. The molecule has 0 aliphatic carbocycles. The normalized spacial score (nSPS) is 12.3. The van der Waals surface area contributed by atoms with E-state index >= 15 is 0 Å². The van der Waals surface area contributed by atoms with Crippen molar-refractivity contribution < 1.29 is 17.9 Å². The minimum absolute atomic E-state index is 0.0717. The zero-order chi connectivity index (χ0) is 21.4. The fourth-order valence-corrected chi connectivity index (χ4v) is 2.95. The minimum atomic E-state index is -4.31. The molecule has 0 amide bonds. The number of ether oxygens (including phenoxy) is 1. The second-order valence-corrected chi connectivity index (χ2v) is 6.86. The predicted molar refractivity (Wildman–Crippen MR) is 112 cm³/mol. The lowest BCUT2D eigenvalue weighted by Gasteiger charge is -2.11. The number of halogens is 3. The molecule has 8 heteroatoms. The Morgan fingerprint density at radius 3 is 2.47 bits per heavy atom. The van der Waals surface area contributed by atoms with Crippen molar-refractivity contribution in [1.82, 2.24) is 15.6 Å². The van der Waals surface area contributed by atoms with Crippen molar-refractivity contribution in [2.24, 2.45) is 4.99 Å². The highest BCUT2D eigenvalue weighted by Gasteiger charge is 2.27. The molecule has 0 atom stereocenters. The monoisotopic (exact) mass is 418 g/mol. The number of H-pyrrole nitrogens is 1. The highest BCUT2D eigenvalue weighted by molar-refractivity contribution is 5.81. The second kappa shape index (κ2) is 10.2. The van der Waals surface area contributed by atoms with E-state index in [1.54, 1.807) is 12.1 Å². The van der Waals surface area contributed by atoms with Crippen LogP contribution in [0.25, 0.3) is 10.9 Å². The maximum Gasteiger partial charge on any atom is 0.411 e. The first-order valence-corrected chi connectivity index (χ1v) is 9.74. The molecule has 2 aromatic carbocycles. The number of aromatic amines is 1. The maximum atomic E-state index is 12.1. The van der Waals surface area contributed by atoms with Crippen LogP contribution in [-0.2, 0) is 24.4 Å². The van der Waals surface area contributed by atoms with Gasteiger partial charge < -0.3 is 20.4 Å². The van der Waals surface area contributed by atoms with E-state index in [0.717, 1.165) is 28.7 Å². The Balaban J connectivity index is 1.53. The van der Waals surface area contributed by atoms with Gasteiger partial charge in [-0.15, -0.1) is 0 Å². The SMILES string of the molecule is CCNC(=NCc1ccc(COCC(F)(F)F)cc1)NCc1cc2ccccc2[nH]1. The Bertz CT molecular complexity index is 931. The molecule has 3 rings (SSSR count). The summed E-state index contributed by atoms with van der Waals surface area (Å²) in [6.07, 6.45) is -4.31. The molecule has 0 spiro atoms. The average Bonchev–Trinajstić information content (AvgIpc) is 3.13. The number of aliphatic imine (C=N–C) groups is 1. The number of rotatable bonds is 8. The van der Waals surface area contributed by atoms with Crippen LogP contribution < -0.4 is 10.6 Å². The topological polar surface area (TPSA) is 61.4 Å². The lowest BCUT2D eigenvalue weighted by molar-refractivity contribution is -0.176. The van der Waals surface area contributed by atoms with Gasteiger partial charge in [-0.1, -0.05) is 42.5 Å². The Hall–Kier alpha value is -3.00. The van der Waals surface area contributed by atoms with E-state index in [2.05, 4.69) is 37.5 Å². The second-order valence-electron chi connectivity index (χ2n) is 6.86. The molecule has 1 heterocycles. The van der Waals surface area contributed by atoms with Gasteiger partial charge in [-0.05, 0) is 35.6 Å². The summed E-state index contributed by atoms with van der Waals surface area (Å²) in [4.78, 5) is 7.95. The van der Waals surface area contributed by atoms with Crippen molar-refractivity contribution >= 4 is 16.9 Å². The number of aromatic nitrogens is 1. The minimum Gasteiger partial charge on any atom is -0.367 e. The van der Waals surface area contributed by atoms with Gasteiger partial charge in [0.15, 0.2) is 5.96 Å². The van der Waals surface area contributed by atoms with E-state index in [9.17, 15) is 13.2 Å². The maximum absolute atomic E-state index is 12.1. The van der Waals surface area contributed by atoms with Crippen LogP contribution in [0.1, 0.15) is 23.7 Å². The summed E-state index contributed by atoms with van der Waals surface area (Å²) in [7, 11) is 0. The van der Waals surface area contributed by atoms with Gasteiger partial charge in [0, 0.05) is 17.8 Å². The zero-order valence-electron chi connectivity index (χ0n) is 16.7. The molecule has 30 heavy (non-hydrogen) atoms. The van der Waals surface area contributed by atoms with Crippen molar-refractivity contribution in [3.05, 3.63) is 71.4 Å². The number of nitrogens with zero attached hydrogens (tertiary/aromatic N) is 1. The lowest BCUT2D eigenvalue weighted by atomic mass is 10.1. The predicted octanol–water partition coefficient (Wildman–Crippen LogP) is 4.50. The van der Waals surface area contributed by atoms with E-state index in [-0.39, 0.29) is 6.61 Å². The van der Waals surface area contributed by atoms with Crippen molar-refractivity contribution in [3.8, 4) is 0 Å². The number of hydrogen-bond acceptors (Lipinski definition) is 2. The zero-order valence-corrected chi connectivity index (χ0v) is 16.7. The van der Waals surface area contributed by atoms with Crippen LogP contribution in [0.5, 0.6) is 0 Å². The summed E-state index contributed by atoms with van der Waals surface area (Å²) >= 11 is 0. The lowest BCUT2D eigenvalue weighted by Crippen LogP contribution is -2.36. The number of guanidine groups is 1. The number of nitrogens with one attached hydrogen (secondary N) is 3. The molecular formula is C22H25F3N4O. The van der Waals surface area contributed by atoms with E-state index in [4.69, 9.17) is 0 Å². The molecule has 0 unspecified atom stereocenters. The molecule has 0 saturated heterocycles. The van der Waals surface area contributed by atoms with Gasteiger partial charge in [0.2, 0.25) is 0 Å². The molecule has 0 fully saturated rings. The standard InChI is InChI=1S/C22H25F3N4O/c1-2-26-21(28-13-19-11-18-5-3-4-6-20(18)29-19)27-12-16-7-9-17(10-8-16)14-30-15-22(23,24)25/h3-11,29H,2,12-15H2,1H3,(H2,26,27,28). The first-order valence-electron chi connectivity index (χ1n) is 9.74.